The van der Waals surface area contributed by atoms with Crippen LogP contribution in [-0.4, -0.2) is 0 Å². The first kappa shape index (κ1) is 13.5. The molecular weight excluding hydrogens is 275 g/mol. The lowest BCUT2D eigenvalue weighted by Crippen LogP contribution is -2.04. The van der Waals surface area contributed by atoms with Crippen molar-refractivity contribution in [3.05, 3.63) is 66.2 Å². The van der Waals surface area contributed by atoms with E-state index >= 15 is 0 Å². The smallest absolute Gasteiger partial charge is 0.398 e. The highest BCUT2D eigenvalue weighted by molar-refractivity contribution is 6.04. The van der Waals surface area contributed by atoms with E-state index in [1.165, 1.54) is 12.1 Å². The molecule has 0 aliphatic carbocycles. The molecule has 0 spiro atoms. The van der Waals surface area contributed by atoms with E-state index in [0.717, 1.165) is 28.5 Å². The van der Waals surface area contributed by atoms with Crippen LogP contribution in [0.3, 0.4) is 0 Å². The summed E-state index contributed by atoms with van der Waals surface area (Å²) < 4.78 is 37.9. The second kappa shape index (κ2) is 4.81. The van der Waals surface area contributed by atoms with Crippen molar-refractivity contribution in [1.82, 2.24) is 0 Å². The molecule has 0 unspecified atom stereocenters. The molecule has 3 aromatic rings. The van der Waals surface area contributed by atoms with Crippen molar-refractivity contribution in [3.63, 3.8) is 0 Å². The van der Waals surface area contributed by atoms with Crippen LogP contribution in [-0.2, 0) is 6.18 Å². The van der Waals surface area contributed by atoms with Gasteiger partial charge < -0.3 is 5.73 Å². The average Bonchev–Trinajstić information content (AvgIpc) is 2.46. The summed E-state index contributed by atoms with van der Waals surface area (Å²) in [7, 11) is 0. The Morgan fingerprint density at radius 3 is 2.00 bits per heavy atom. The molecule has 1 nitrogen and oxygen atoms in total. The Hall–Kier alpha value is -2.49. The van der Waals surface area contributed by atoms with Gasteiger partial charge in [0.1, 0.15) is 0 Å². The fourth-order valence-electron chi connectivity index (χ4n) is 2.45. The number of nitrogen functional groups attached to an aromatic ring is 1. The maximum atomic E-state index is 12.6. The van der Waals surface area contributed by atoms with Crippen molar-refractivity contribution in [3.8, 4) is 11.1 Å². The van der Waals surface area contributed by atoms with Crippen LogP contribution >= 0.6 is 0 Å². The number of anilines is 1. The molecule has 0 saturated heterocycles. The Labute approximate surface area is 119 Å². The molecule has 0 saturated carbocycles. The van der Waals surface area contributed by atoms with E-state index in [2.05, 4.69) is 0 Å². The molecule has 3 rings (SSSR count). The van der Waals surface area contributed by atoms with Crippen molar-refractivity contribution in [1.29, 1.82) is 0 Å². The lowest BCUT2D eigenvalue weighted by atomic mass is 9.96. The Morgan fingerprint density at radius 1 is 0.762 bits per heavy atom. The molecule has 0 bridgehead atoms. The molecule has 0 heterocycles. The third-order valence-corrected chi connectivity index (χ3v) is 3.46. The minimum Gasteiger partial charge on any atom is -0.398 e. The fraction of sp³-hybridized carbons (Fsp3) is 0.0588. The van der Waals surface area contributed by atoms with Crippen molar-refractivity contribution >= 4 is 16.5 Å². The second-order valence-electron chi connectivity index (χ2n) is 4.83. The normalized spacial score (nSPS) is 11.8. The van der Waals surface area contributed by atoms with Gasteiger partial charge in [0.05, 0.1) is 5.56 Å². The van der Waals surface area contributed by atoms with Crippen LogP contribution in [0.15, 0.2) is 60.7 Å². The monoisotopic (exact) mass is 287 g/mol. The molecular formula is C17H12F3N. The van der Waals surface area contributed by atoms with Crippen LogP contribution in [0.25, 0.3) is 21.9 Å². The maximum Gasteiger partial charge on any atom is 0.416 e. The minimum atomic E-state index is -4.32. The zero-order valence-corrected chi connectivity index (χ0v) is 11.0. The van der Waals surface area contributed by atoms with Crippen molar-refractivity contribution < 1.29 is 13.2 Å². The fourth-order valence-corrected chi connectivity index (χ4v) is 2.45. The summed E-state index contributed by atoms with van der Waals surface area (Å²) in [6.45, 7) is 0. The van der Waals surface area contributed by atoms with Gasteiger partial charge in [-0.2, -0.15) is 13.2 Å². The van der Waals surface area contributed by atoms with Crippen molar-refractivity contribution in [2.24, 2.45) is 0 Å². The van der Waals surface area contributed by atoms with E-state index in [9.17, 15) is 13.2 Å². The summed E-state index contributed by atoms with van der Waals surface area (Å²) in [5.41, 5.74) is 7.52. The molecule has 106 valence electrons. The number of fused-ring (bicyclic) bond motifs is 1. The molecule has 3 aromatic carbocycles. The first-order valence-electron chi connectivity index (χ1n) is 6.42. The van der Waals surface area contributed by atoms with E-state index in [4.69, 9.17) is 5.73 Å². The summed E-state index contributed by atoms with van der Waals surface area (Å²) in [4.78, 5) is 0. The molecule has 0 atom stereocenters. The molecule has 0 aromatic heterocycles. The van der Waals surface area contributed by atoms with Crippen LogP contribution in [0.5, 0.6) is 0 Å². The highest BCUT2D eigenvalue weighted by atomic mass is 19.4. The number of nitrogens with two attached hydrogens (primary N) is 1. The van der Waals surface area contributed by atoms with Gasteiger partial charge in [-0.15, -0.1) is 0 Å². The topological polar surface area (TPSA) is 26.0 Å². The maximum absolute atomic E-state index is 12.6. The number of hydrogen-bond acceptors (Lipinski definition) is 1. The number of hydrogen-bond donors (Lipinski definition) is 1. The molecule has 0 amide bonds. The average molecular weight is 287 g/mol. The minimum absolute atomic E-state index is 0.614. The molecule has 0 aliphatic rings. The number of alkyl halides is 3. The number of halogens is 3. The summed E-state index contributed by atoms with van der Waals surface area (Å²) in [6, 6.07) is 16.4. The van der Waals surface area contributed by atoms with Crippen molar-refractivity contribution in [2.45, 2.75) is 6.18 Å². The van der Waals surface area contributed by atoms with E-state index in [1.54, 1.807) is 6.07 Å². The van der Waals surface area contributed by atoms with E-state index in [1.807, 2.05) is 30.3 Å². The molecule has 21 heavy (non-hydrogen) atoms. The van der Waals surface area contributed by atoms with Crippen LogP contribution in [0.4, 0.5) is 18.9 Å². The van der Waals surface area contributed by atoms with Gasteiger partial charge >= 0.3 is 6.18 Å². The van der Waals surface area contributed by atoms with E-state index in [0.29, 0.717) is 11.3 Å². The summed E-state index contributed by atoms with van der Waals surface area (Å²) in [5, 5.41) is 1.83. The SMILES string of the molecule is Nc1cccc2cccc(-c3ccc(C(F)(F)F)cc3)c12. The van der Waals surface area contributed by atoms with Crippen molar-refractivity contribution in [2.75, 3.05) is 5.73 Å². The zero-order chi connectivity index (χ0) is 15.0. The lowest BCUT2D eigenvalue weighted by Gasteiger charge is -2.11. The predicted molar refractivity (Wildman–Crippen MR) is 78.8 cm³/mol. The summed E-state index contributed by atoms with van der Waals surface area (Å²) in [6.07, 6.45) is -4.32. The van der Waals surface area contributed by atoms with Gasteiger partial charge in [-0.1, -0.05) is 42.5 Å². The van der Waals surface area contributed by atoms with Gasteiger partial charge in [-0.05, 0) is 34.7 Å². The first-order valence-corrected chi connectivity index (χ1v) is 6.42. The second-order valence-corrected chi connectivity index (χ2v) is 4.83. The first-order chi connectivity index (χ1) is 9.97. The third-order valence-electron chi connectivity index (χ3n) is 3.46. The van der Waals surface area contributed by atoms with E-state index in [-0.39, 0.29) is 0 Å². The predicted octanol–water partition coefficient (Wildman–Crippen LogP) is 5.11. The van der Waals surface area contributed by atoms with Crippen LogP contribution in [0.1, 0.15) is 5.56 Å². The van der Waals surface area contributed by atoms with Gasteiger partial charge in [0.2, 0.25) is 0 Å². The highest BCUT2D eigenvalue weighted by Gasteiger charge is 2.30. The molecule has 0 aliphatic heterocycles. The third kappa shape index (κ3) is 2.44. The lowest BCUT2D eigenvalue weighted by molar-refractivity contribution is -0.137. The largest absolute Gasteiger partial charge is 0.416 e. The molecule has 0 radical (unpaired) electrons. The molecule has 2 N–H and O–H groups in total. The summed E-state index contributed by atoms with van der Waals surface area (Å²) in [5.74, 6) is 0. The number of rotatable bonds is 1. The highest BCUT2D eigenvalue weighted by Crippen LogP contribution is 2.35. The molecule has 4 heteroatoms. The zero-order valence-electron chi connectivity index (χ0n) is 11.0. The van der Waals surface area contributed by atoms with Crippen LogP contribution in [0.2, 0.25) is 0 Å². The Kier molecular flexibility index (Phi) is 3.09. The van der Waals surface area contributed by atoms with Gasteiger partial charge in [-0.3, -0.25) is 0 Å². The number of benzene rings is 3. The Morgan fingerprint density at radius 2 is 1.38 bits per heavy atom. The van der Waals surface area contributed by atoms with E-state index < -0.39 is 11.7 Å². The summed E-state index contributed by atoms with van der Waals surface area (Å²) >= 11 is 0. The van der Waals surface area contributed by atoms with Gasteiger partial charge in [0, 0.05) is 11.1 Å². The van der Waals surface area contributed by atoms with Gasteiger partial charge in [-0.25, -0.2) is 0 Å². The Bertz CT molecular complexity index is 784. The van der Waals surface area contributed by atoms with Gasteiger partial charge in [0.25, 0.3) is 0 Å². The molecule has 0 fully saturated rings. The van der Waals surface area contributed by atoms with Crippen LogP contribution in [0, 0.1) is 0 Å². The Balaban J connectivity index is 2.17. The quantitative estimate of drug-likeness (QED) is 0.618. The van der Waals surface area contributed by atoms with Crippen LogP contribution < -0.4 is 5.73 Å². The van der Waals surface area contributed by atoms with Gasteiger partial charge in [0.15, 0.2) is 0 Å². The standard InChI is InChI=1S/C17H12F3N/c18-17(19,20)13-9-7-11(8-10-13)14-5-1-3-12-4-2-6-15(21)16(12)14/h1-10H,21H2.